The lowest BCUT2D eigenvalue weighted by molar-refractivity contribution is -0.137. The van der Waals surface area contributed by atoms with Crippen LogP contribution in [0.5, 0.6) is 5.75 Å². The predicted molar refractivity (Wildman–Crippen MR) is 95.9 cm³/mol. The van der Waals surface area contributed by atoms with Gasteiger partial charge in [-0.05, 0) is 31.5 Å². The molecule has 1 atom stereocenters. The third kappa shape index (κ3) is 4.30. The van der Waals surface area contributed by atoms with Crippen molar-refractivity contribution in [3.63, 3.8) is 0 Å². The maximum atomic E-state index is 13.0. The van der Waals surface area contributed by atoms with Gasteiger partial charge < -0.3 is 20.7 Å². The second-order valence-corrected chi connectivity index (χ2v) is 7.16. The minimum absolute atomic E-state index is 0.0731. The summed E-state index contributed by atoms with van der Waals surface area (Å²) < 4.78 is 44.5. The van der Waals surface area contributed by atoms with E-state index in [-0.39, 0.29) is 36.4 Å². The van der Waals surface area contributed by atoms with Gasteiger partial charge in [-0.25, -0.2) is 0 Å². The van der Waals surface area contributed by atoms with Crippen molar-refractivity contribution in [2.45, 2.75) is 25.6 Å². The lowest BCUT2D eigenvalue weighted by Gasteiger charge is -2.41. The third-order valence-electron chi connectivity index (χ3n) is 4.92. The summed E-state index contributed by atoms with van der Waals surface area (Å²) in [7, 11) is 0. The summed E-state index contributed by atoms with van der Waals surface area (Å²) in [4.78, 5) is 25.1. The Morgan fingerprint density at radius 3 is 2.57 bits per heavy atom. The number of halogens is 3. The monoisotopic (exact) mass is 397 g/mol. The number of amides is 2. The van der Waals surface area contributed by atoms with Crippen molar-refractivity contribution in [1.82, 2.24) is 16.0 Å². The Hall–Kier alpha value is -2.55. The Balaban J connectivity index is 1.86. The molecule has 0 aromatic heterocycles. The summed E-state index contributed by atoms with van der Waals surface area (Å²) in [6.45, 7) is 3.01. The predicted octanol–water partition coefficient (Wildman–Crippen LogP) is 1.87. The molecule has 2 aliphatic heterocycles. The van der Waals surface area contributed by atoms with Crippen molar-refractivity contribution in [3.05, 3.63) is 41.5 Å². The highest BCUT2D eigenvalue weighted by molar-refractivity contribution is 5.97. The molecule has 3 rings (SSSR count). The van der Waals surface area contributed by atoms with E-state index in [0.29, 0.717) is 19.5 Å². The topological polar surface area (TPSA) is 79.5 Å². The van der Waals surface area contributed by atoms with Crippen LogP contribution in [0.1, 0.15) is 29.3 Å². The van der Waals surface area contributed by atoms with E-state index in [1.807, 2.05) is 6.08 Å². The Bertz CT molecular complexity index is 788. The number of hydrogen-bond acceptors (Lipinski definition) is 4. The molecule has 1 saturated heterocycles. The smallest absolute Gasteiger partial charge is 0.416 e. The van der Waals surface area contributed by atoms with E-state index < -0.39 is 23.1 Å². The van der Waals surface area contributed by atoms with Crippen molar-refractivity contribution in [2.24, 2.45) is 5.41 Å². The number of alkyl halides is 3. The molecule has 0 saturated carbocycles. The molecule has 0 unspecified atom stereocenters. The number of hydrogen-bond donors (Lipinski definition) is 3. The SMILES string of the molecule is C[C@@H]1CNC(=O)c2cc(C(F)(F)F)ccc2OC/C=C\CC2(CNC2)C(=O)N1. The number of benzene rings is 1. The molecule has 1 aromatic rings. The second-order valence-electron chi connectivity index (χ2n) is 7.16. The van der Waals surface area contributed by atoms with Gasteiger partial charge in [0.2, 0.25) is 5.91 Å². The summed E-state index contributed by atoms with van der Waals surface area (Å²) in [6.07, 6.45) is -0.530. The molecule has 1 aromatic carbocycles. The largest absolute Gasteiger partial charge is 0.489 e. The number of ether oxygens (including phenoxy) is 1. The molecule has 152 valence electrons. The summed E-state index contributed by atoms with van der Waals surface area (Å²) in [5.41, 5.74) is -1.65. The molecular weight excluding hydrogens is 375 g/mol. The van der Waals surface area contributed by atoms with Crippen LogP contribution in [-0.4, -0.2) is 44.1 Å². The standard InChI is InChI=1S/C19H22F3N3O3/c1-12-9-24-16(26)14-8-13(19(20,21)22)4-5-15(14)28-7-3-2-6-18(10-23-11-18)17(27)25-12/h2-5,8,12,23H,6-7,9-11H2,1H3,(H,24,26)(H,25,27)/b3-2-/t12-/m1/s1. The highest BCUT2D eigenvalue weighted by atomic mass is 19.4. The molecule has 1 fully saturated rings. The average molecular weight is 397 g/mol. The Morgan fingerprint density at radius 1 is 1.18 bits per heavy atom. The molecule has 1 spiro atoms. The molecule has 6 nitrogen and oxygen atoms in total. The summed E-state index contributed by atoms with van der Waals surface area (Å²) in [6, 6.07) is 2.44. The van der Waals surface area contributed by atoms with Crippen molar-refractivity contribution in [2.75, 3.05) is 26.2 Å². The highest BCUT2D eigenvalue weighted by Gasteiger charge is 2.43. The molecule has 0 radical (unpaired) electrons. The molecule has 0 aliphatic carbocycles. The van der Waals surface area contributed by atoms with Crippen LogP contribution in [-0.2, 0) is 11.0 Å². The van der Waals surface area contributed by atoms with Crippen LogP contribution in [0.3, 0.4) is 0 Å². The highest BCUT2D eigenvalue weighted by Crippen LogP contribution is 2.33. The Kier molecular flexibility index (Phi) is 5.64. The van der Waals surface area contributed by atoms with Gasteiger partial charge in [0.05, 0.1) is 16.5 Å². The van der Waals surface area contributed by atoms with E-state index in [1.54, 1.807) is 13.0 Å². The number of carbonyl (C=O) groups is 2. The zero-order chi connectivity index (χ0) is 20.4. The fourth-order valence-corrected chi connectivity index (χ4v) is 3.12. The molecule has 0 bridgehead atoms. The van der Waals surface area contributed by atoms with Gasteiger partial charge in [0.25, 0.3) is 5.91 Å². The van der Waals surface area contributed by atoms with Crippen molar-refractivity contribution < 1.29 is 27.5 Å². The average Bonchev–Trinajstić information content (AvgIpc) is 2.59. The minimum atomic E-state index is -4.57. The zero-order valence-corrected chi connectivity index (χ0v) is 15.4. The van der Waals surface area contributed by atoms with Gasteiger partial charge in [-0.3, -0.25) is 9.59 Å². The first-order valence-electron chi connectivity index (χ1n) is 9.00. The van der Waals surface area contributed by atoms with Crippen LogP contribution < -0.4 is 20.7 Å². The van der Waals surface area contributed by atoms with Crippen LogP contribution in [0.4, 0.5) is 13.2 Å². The van der Waals surface area contributed by atoms with E-state index in [9.17, 15) is 22.8 Å². The van der Waals surface area contributed by atoms with Crippen LogP contribution >= 0.6 is 0 Å². The molecule has 9 heteroatoms. The summed E-state index contributed by atoms with van der Waals surface area (Å²) in [5, 5.41) is 8.54. The fourth-order valence-electron chi connectivity index (χ4n) is 3.12. The maximum Gasteiger partial charge on any atom is 0.416 e. The first kappa shape index (κ1) is 20.2. The Labute approximate surface area is 160 Å². The van der Waals surface area contributed by atoms with E-state index in [2.05, 4.69) is 16.0 Å². The van der Waals surface area contributed by atoms with Crippen molar-refractivity contribution >= 4 is 11.8 Å². The van der Waals surface area contributed by atoms with Gasteiger partial charge in [0.1, 0.15) is 12.4 Å². The van der Waals surface area contributed by atoms with Crippen LogP contribution in [0.2, 0.25) is 0 Å². The van der Waals surface area contributed by atoms with Crippen molar-refractivity contribution in [3.8, 4) is 5.75 Å². The van der Waals surface area contributed by atoms with Gasteiger partial charge in [0.15, 0.2) is 0 Å². The normalized spacial score (nSPS) is 24.1. The molecular formula is C19H22F3N3O3. The van der Waals surface area contributed by atoms with Crippen LogP contribution in [0.15, 0.2) is 30.4 Å². The number of rotatable bonds is 0. The third-order valence-corrected chi connectivity index (χ3v) is 4.92. The lowest BCUT2D eigenvalue weighted by atomic mass is 9.77. The van der Waals surface area contributed by atoms with Crippen molar-refractivity contribution in [1.29, 1.82) is 0 Å². The Morgan fingerprint density at radius 2 is 1.93 bits per heavy atom. The van der Waals surface area contributed by atoms with Gasteiger partial charge in [-0.2, -0.15) is 13.2 Å². The summed E-state index contributed by atoms with van der Waals surface area (Å²) >= 11 is 0. The van der Waals surface area contributed by atoms with E-state index >= 15 is 0 Å². The molecule has 2 aliphatic rings. The number of fused-ring (bicyclic) bond motifs is 1. The molecule has 2 heterocycles. The second kappa shape index (κ2) is 7.83. The number of allylic oxidation sites excluding steroid dienone is 1. The van der Waals surface area contributed by atoms with E-state index in [4.69, 9.17) is 4.74 Å². The van der Waals surface area contributed by atoms with Crippen LogP contribution in [0.25, 0.3) is 0 Å². The van der Waals surface area contributed by atoms with E-state index in [1.165, 1.54) is 0 Å². The van der Waals surface area contributed by atoms with Gasteiger partial charge in [0, 0.05) is 25.7 Å². The molecule has 3 N–H and O–H groups in total. The maximum absolute atomic E-state index is 13.0. The molecule has 28 heavy (non-hydrogen) atoms. The quantitative estimate of drug-likeness (QED) is 0.584. The van der Waals surface area contributed by atoms with E-state index in [0.717, 1.165) is 18.2 Å². The zero-order valence-electron chi connectivity index (χ0n) is 15.4. The molecule has 2 amide bonds. The minimum Gasteiger partial charge on any atom is -0.489 e. The van der Waals surface area contributed by atoms with Crippen LogP contribution in [0, 0.1) is 5.41 Å². The number of carbonyl (C=O) groups excluding carboxylic acids is 2. The fraction of sp³-hybridized carbons (Fsp3) is 0.474. The lowest BCUT2D eigenvalue weighted by Crippen LogP contribution is -2.62. The van der Waals surface area contributed by atoms with Gasteiger partial charge in [-0.1, -0.05) is 12.2 Å². The van der Waals surface area contributed by atoms with Gasteiger partial charge >= 0.3 is 6.18 Å². The first-order valence-corrected chi connectivity index (χ1v) is 9.00. The van der Waals surface area contributed by atoms with Gasteiger partial charge in [-0.15, -0.1) is 0 Å². The summed E-state index contributed by atoms with van der Waals surface area (Å²) in [5.74, 6) is -0.734. The number of nitrogens with one attached hydrogen (secondary N) is 3. The first-order chi connectivity index (χ1) is 13.2.